The number of ether oxygens (including phenoxy) is 2. The molecule has 1 aromatic rings. The van der Waals surface area contributed by atoms with E-state index >= 15 is 0 Å². The van der Waals surface area contributed by atoms with Crippen molar-refractivity contribution in [3.63, 3.8) is 0 Å². The molecule has 2 atom stereocenters. The molecular formula is C15H21NO6S. The maximum atomic E-state index is 12.7. The number of rotatable bonds is 6. The second-order valence-electron chi connectivity index (χ2n) is 5.56. The molecule has 0 saturated carbocycles. The van der Waals surface area contributed by atoms with Crippen LogP contribution in [0.25, 0.3) is 0 Å². The molecule has 0 aliphatic carbocycles. The summed E-state index contributed by atoms with van der Waals surface area (Å²) in [6.45, 7) is 2.37. The van der Waals surface area contributed by atoms with Crippen molar-refractivity contribution in [1.29, 1.82) is 0 Å². The Balaban J connectivity index is 2.11. The summed E-state index contributed by atoms with van der Waals surface area (Å²) in [5.41, 5.74) is 0. The minimum atomic E-state index is -3.60. The lowest BCUT2D eigenvalue weighted by molar-refractivity contribution is -0.139. The quantitative estimate of drug-likeness (QED) is 0.834. The van der Waals surface area contributed by atoms with Crippen LogP contribution in [0.2, 0.25) is 0 Å². The Kier molecular flexibility index (Phi) is 5.61. The molecule has 1 aliphatic heterocycles. The first-order valence-electron chi connectivity index (χ1n) is 7.32. The summed E-state index contributed by atoms with van der Waals surface area (Å²) >= 11 is 0. The van der Waals surface area contributed by atoms with Gasteiger partial charge in [0.15, 0.2) is 6.61 Å². The van der Waals surface area contributed by atoms with Crippen molar-refractivity contribution in [2.75, 3.05) is 26.8 Å². The van der Waals surface area contributed by atoms with Gasteiger partial charge in [-0.15, -0.1) is 0 Å². The largest absolute Gasteiger partial charge is 0.482 e. The van der Waals surface area contributed by atoms with Gasteiger partial charge in [0.1, 0.15) is 5.75 Å². The zero-order valence-electron chi connectivity index (χ0n) is 13.1. The molecule has 1 heterocycles. The van der Waals surface area contributed by atoms with Crippen molar-refractivity contribution in [2.45, 2.75) is 24.3 Å². The Morgan fingerprint density at radius 2 is 2.00 bits per heavy atom. The van der Waals surface area contributed by atoms with Gasteiger partial charge in [0.05, 0.1) is 11.0 Å². The van der Waals surface area contributed by atoms with E-state index in [1.807, 2.05) is 6.92 Å². The molecule has 1 saturated heterocycles. The Morgan fingerprint density at radius 3 is 2.57 bits per heavy atom. The normalized spacial score (nSPS) is 22.7. The number of aliphatic carboxylic acids is 1. The lowest BCUT2D eigenvalue weighted by atomic mass is 9.97. The summed E-state index contributed by atoms with van der Waals surface area (Å²) in [6, 6.07) is 5.76. The standard InChI is InChI=1S/C15H21NO6S/c1-11-7-8-16(9-14(11)21-2)23(19,20)13-5-3-12(4-6-13)22-10-15(17)18/h3-6,11,14H,7-10H2,1-2H3,(H,17,18)/t11-,14-/m1/s1. The lowest BCUT2D eigenvalue weighted by Gasteiger charge is -2.35. The maximum Gasteiger partial charge on any atom is 0.341 e. The third kappa shape index (κ3) is 4.21. The van der Waals surface area contributed by atoms with Crippen LogP contribution in [0.15, 0.2) is 29.2 Å². The highest BCUT2D eigenvalue weighted by molar-refractivity contribution is 7.89. The number of carbonyl (C=O) groups is 1. The predicted molar refractivity (Wildman–Crippen MR) is 82.9 cm³/mol. The Labute approximate surface area is 135 Å². The molecular weight excluding hydrogens is 322 g/mol. The van der Waals surface area contributed by atoms with Gasteiger partial charge in [-0.05, 0) is 36.6 Å². The van der Waals surface area contributed by atoms with Crippen LogP contribution < -0.4 is 4.74 Å². The average molecular weight is 343 g/mol. The van der Waals surface area contributed by atoms with Crippen molar-refractivity contribution in [2.24, 2.45) is 5.92 Å². The number of hydrogen-bond acceptors (Lipinski definition) is 5. The van der Waals surface area contributed by atoms with E-state index in [0.29, 0.717) is 24.8 Å². The number of carboxylic acid groups (broad SMARTS) is 1. The molecule has 0 spiro atoms. The van der Waals surface area contributed by atoms with Gasteiger partial charge in [-0.3, -0.25) is 0 Å². The first kappa shape index (κ1) is 17.7. The van der Waals surface area contributed by atoms with Crippen LogP contribution in [-0.4, -0.2) is 56.7 Å². The van der Waals surface area contributed by atoms with Crippen LogP contribution in [-0.2, 0) is 19.6 Å². The van der Waals surface area contributed by atoms with Crippen molar-refractivity contribution in [3.8, 4) is 5.75 Å². The van der Waals surface area contributed by atoms with E-state index < -0.39 is 22.6 Å². The fourth-order valence-corrected chi connectivity index (χ4v) is 4.00. The van der Waals surface area contributed by atoms with Crippen molar-refractivity contribution < 1.29 is 27.8 Å². The molecule has 2 rings (SSSR count). The van der Waals surface area contributed by atoms with Crippen LogP contribution in [0.5, 0.6) is 5.75 Å². The third-order valence-electron chi connectivity index (χ3n) is 3.98. The second kappa shape index (κ2) is 7.29. The van der Waals surface area contributed by atoms with E-state index in [4.69, 9.17) is 14.6 Å². The minimum Gasteiger partial charge on any atom is -0.482 e. The summed E-state index contributed by atoms with van der Waals surface area (Å²) in [5.74, 6) is -0.457. The summed E-state index contributed by atoms with van der Waals surface area (Å²) in [4.78, 5) is 10.6. The van der Waals surface area contributed by atoms with E-state index in [2.05, 4.69) is 0 Å². The van der Waals surface area contributed by atoms with Crippen LogP contribution in [0, 0.1) is 5.92 Å². The molecule has 23 heavy (non-hydrogen) atoms. The molecule has 128 valence electrons. The maximum absolute atomic E-state index is 12.7. The van der Waals surface area contributed by atoms with Gasteiger partial charge in [0, 0.05) is 20.2 Å². The molecule has 1 fully saturated rings. The molecule has 1 aliphatic rings. The Hall–Kier alpha value is -1.64. The average Bonchev–Trinajstić information content (AvgIpc) is 2.53. The first-order chi connectivity index (χ1) is 10.8. The molecule has 8 heteroatoms. The number of hydrogen-bond donors (Lipinski definition) is 1. The zero-order valence-corrected chi connectivity index (χ0v) is 14.0. The highest BCUT2D eigenvalue weighted by Crippen LogP contribution is 2.26. The SMILES string of the molecule is CO[C@@H]1CN(S(=O)(=O)c2ccc(OCC(=O)O)cc2)CC[C@H]1C. The minimum absolute atomic E-state index is 0.114. The van der Waals surface area contributed by atoms with Crippen molar-refractivity contribution in [3.05, 3.63) is 24.3 Å². The molecule has 0 bridgehead atoms. The molecule has 0 radical (unpaired) electrons. The van der Waals surface area contributed by atoms with Crippen molar-refractivity contribution >= 4 is 16.0 Å². The summed E-state index contributed by atoms with van der Waals surface area (Å²) in [7, 11) is -2.01. The summed E-state index contributed by atoms with van der Waals surface area (Å²) in [6.07, 6.45) is 0.633. The van der Waals surface area contributed by atoms with Gasteiger partial charge in [0.25, 0.3) is 0 Å². The van der Waals surface area contributed by atoms with Crippen molar-refractivity contribution in [1.82, 2.24) is 4.31 Å². The number of benzene rings is 1. The number of methoxy groups -OCH3 is 1. The van der Waals surface area contributed by atoms with E-state index in [-0.39, 0.29) is 11.0 Å². The molecule has 0 aromatic heterocycles. The molecule has 7 nitrogen and oxygen atoms in total. The molecule has 1 aromatic carbocycles. The smallest absolute Gasteiger partial charge is 0.341 e. The van der Waals surface area contributed by atoms with Gasteiger partial charge in [-0.2, -0.15) is 4.31 Å². The third-order valence-corrected chi connectivity index (χ3v) is 5.86. The molecule has 0 unspecified atom stereocenters. The van der Waals surface area contributed by atoms with E-state index in [0.717, 1.165) is 6.42 Å². The van der Waals surface area contributed by atoms with Gasteiger partial charge < -0.3 is 14.6 Å². The topological polar surface area (TPSA) is 93.1 Å². The van der Waals surface area contributed by atoms with Crippen LogP contribution >= 0.6 is 0 Å². The summed E-state index contributed by atoms with van der Waals surface area (Å²) in [5, 5.41) is 8.56. The number of carboxylic acids is 1. The Bertz CT molecular complexity index is 642. The highest BCUT2D eigenvalue weighted by Gasteiger charge is 2.33. The monoisotopic (exact) mass is 343 g/mol. The van der Waals surface area contributed by atoms with Crippen LogP contribution in [0.1, 0.15) is 13.3 Å². The molecule has 1 N–H and O–H groups in total. The highest BCUT2D eigenvalue weighted by atomic mass is 32.2. The summed E-state index contributed by atoms with van der Waals surface area (Å²) < 4.78 is 37.1. The first-order valence-corrected chi connectivity index (χ1v) is 8.76. The van der Waals surface area contributed by atoms with E-state index in [9.17, 15) is 13.2 Å². The fraction of sp³-hybridized carbons (Fsp3) is 0.533. The van der Waals surface area contributed by atoms with Gasteiger partial charge in [0.2, 0.25) is 10.0 Å². The fourth-order valence-electron chi connectivity index (χ4n) is 2.53. The Morgan fingerprint density at radius 1 is 1.35 bits per heavy atom. The predicted octanol–water partition coefficient (Wildman–Crippen LogP) is 1.20. The van der Waals surface area contributed by atoms with Gasteiger partial charge >= 0.3 is 5.97 Å². The number of nitrogens with zero attached hydrogens (tertiary/aromatic N) is 1. The number of piperidine rings is 1. The zero-order chi connectivity index (χ0) is 17.0. The molecule has 0 amide bonds. The lowest BCUT2D eigenvalue weighted by Crippen LogP contribution is -2.46. The van der Waals surface area contributed by atoms with Crippen LogP contribution in [0.4, 0.5) is 0 Å². The van der Waals surface area contributed by atoms with Gasteiger partial charge in [-0.25, -0.2) is 13.2 Å². The van der Waals surface area contributed by atoms with Gasteiger partial charge in [-0.1, -0.05) is 6.92 Å². The van der Waals surface area contributed by atoms with E-state index in [1.54, 1.807) is 7.11 Å². The number of sulfonamides is 1. The van der Waals surface area contributed by atoms with Crippen LogP contribution in [0.3, 0.4) is 0 Å². The second-order valence-corrected chi connectivity index (χ2v) is 7.49. The van der Waals surface area contributed by atoms with E-state index in [1.165, 1.54) is 28.6 Å².